The van der Waals surface area contributed by atoms with Gasteiger partial charge in [-0.15, -0.1) is 0 Å². The number of hydrogen-bond acceptors (Lipinski definition) is 1. The van der Waals surface area contributed by atoms with E-state index in [-0.39, 0.29) is 5.82 Å². The lowest BCUT2D eigenvalue weighted by atomic mass is 10.00. The van der Waals surface area contributed by atoms with Crippen LogP contribution in [0.25, 0.3) is 0 Å². The molecule has 1 nitrogen and oxygen atoms in total. The third-order valence-corrected chi connectivity index (χ3v) is 3.16. The zero-order chi connectivity index (χ0) is 12.4. The van der Waals surface area contributed by atoms with Crippen molar-refractivity contribution in [2.75, 3.05) is 0 Å². The van der Waals surface area contributed by atoms with Crippen LogP contribution in [0, 0.1) is 12.7 Å². The lowest BCUT2D eigenvalue weighted by molar-refractivity contribution is 0.220. The Kier molecular flexibility index (Phi) is 3.60. The first kappa shape index (κ1) is 12.3. The molecule has 2 rings (SSSR count). The van der Waals surface area contributed by atoms with Crippen LogP contribution in [0.2, 0.25) is 0 Å². The van der Waals surface area contributed by atoms with E-state index in [4.69, 9.17) is 0 Å². The fraction of sp³-hybridized carbons (Fsp3) is 0.143. The first-order valence-corrected chi connectivity index (χ1v) is 6.07. The number of aliphatic hydroxyl groups excluding tert-OH is 1. The maximum absolute atomic E-state index is 13.1. The van der Waals surface area contributed by atoms with Gasteiger partial charge < -0.3 is 5.11 Å². The topological polar surface area (TPSA) is 20.2 Å². The Balaban J connectivity index is 2.36. The van der Waals surface area contributed by atoms with Crippen LogP contribution in [-0.4, -0.2) is 5.11 Å². The first-order chi connectivity index (χ1) is 8.08. The van der Waals surface area contributed by atoms with Gasteiger partial charge in [0, 0.05) is 4.47 Å². The fourth-order valence-electron chi connectivity index (χ4n) is 1.71. The molecule has 0 aliphatic heterocycles. The lowest BCUT2D eigenvalue weighted by Crippen LogP contribution is -2.00. The van der Waals surface area contributed by atoms with Crippen LogP contribution in [0.3, 0.4) is 0 Å². The quantitative estimate of drug-likeness (QED) is 0.888. The van der Waals surface area contributed by atoms with Crippen molar-refractivity contribution in [1.29, 1.82) is 0 Å². The summed E-state index contributed by atoms with van der Waals surface area (Å²) in [6.07, 6.45) is -0.730. The minimum Gasteiger partial charge on any atom is -0.384 e. The molecule has 2 aromatic rings. The summed E-state index contributed by atoms with van der Waals surface area (Å²) >= 11 is 3.36. The Bertz CT molecular complexity index is 539. The van der Waals surface area contributed by atoms with Crippen molar-refractivity contribution in [2.24, 2.45) is 0 Å². The highest BCUT2D eigenvalue weighted by molar-refractivity contribution is 9.10. The second-order valence-corrected chi connectivity index (χ2v) is 4.88. The van der Waals surface area contributed by atoms with Gasteiger partial charge in [-0.2, -0.15) is 0 Å². The second kappa shape index (κ2) is 4.98. The summed E-state index contributed by atoms with van der Waals surface area (Å²) in [6.45, 7) is 1.69. The van der Waals surface area contributed by atoms with Crippen LogP contribution in [-0.2, 0) is 0 Å². The highest BCUT2D eigenvalue weighted by Crippen LogP contribution is 2.25. The largest absolute Gasteiger partial charge is 0.384 e. The second-order valence-electron chi connectivity index (χ2n) is 3.97. The Morgan fingerprint density at radius 3 is 2.47 bits per heavy atom. The number of benzene rings is 2. The molecule has 1 N–H and O–H groups in total. The van der Waals surface area contributed by atoms with Gasteiger partial charge in [0.05, 0.1) is 0 Å². The highest BCUT2D eigenvalue weighted by atomic mass is 79.9. The molecule has 17 heavy (non-hydrogen) atoms. The molecule has 0 aliphatic carbocycles. The molecule has 0 saturated carbocycles. The zero-order valence-electron chi connectivity index (χ0n) is 9.32. The minimum absolute atomic E-state index is 0.254. The summed E-state index contributed by atoms with van der Waals surface area (Å²) in [7, 11) is 0. The fourth-order valence-corrected chi connectivity index (χ4v) is 2.12. The monoisotopic (exact) mass is 294 g/mol. The van der Waals surface area contributed by atoms with Crippen LogP contribution >= 0.6 is 15.9 Å². The normalized spacial score (nSPS) is 12.5. The molecule has 88 valence electrons. The van der Waals surface area contributed by atoms with Crippen molar-refractivity contribution in [3.8, 4) is 0 Å². The molecule has 0 spiro atoms. The van der Waals surface area contributed by atoms with Crippen molar-refractivity contribution in [3.63, 3.8) is 0 Å². The van der Waals surface area contributed by atoms with Crippen molar-refractivity contribution in [1.82, 2.24) is 0 Å². The van der Waals surface area contributed by atoms with Gasteiger partial charge >= 0.3 is 0 Å². The predicted molar refractivity (Wildman–Crippen MR) is 69.3 cm³/mol. The van der Waals surface area contributed by atoms with E-state index in [2.05, 4.69) is 15.9 Å². The van der Waals surface area contributed by atoms with Gasteiger partial charge in [0.15, 0.2) is 0 Å². The molecule has 0 saturated heterocycles. The van der Waals surface area contributed by atoms with Crippen molar-refractivity contribution >= 4 is 15.9 Å². The zero-order valence-corrected chi connectivity index (χ0v) is 10.9. The maximum atomic E-state index is 13.1. The first-order valence-electron chi connectivity index (χ1n) is 5.27. The van der Waals surface area contributed by atoms with Crippen molar-refractivity contribution < 1.29 is 9.50 Å². The third kappa shape index (κ3) is 2.73. The molecule has 0 bridgehead atoms. The number of aliphatic hydroxyl groups is 1. The molecular weight excluding hydrogens is 283 g/mol. The number of aryl methyl sites for hydroxylation is 1. The van der Waals surface area contributed by atoms with Gasteiger partial charge in [-0.3, -0.25) is 0 Å². The van der Waals surface area contributed by atoms with Crippen LogP contribution in [0.15, 0.2) is 46.9 Å². The average molecular weight is 295 g/mol. The number of hydrogen-bond donors (Lipinski definition) is 1. The lowest BCUT2D eigenvalue weighted by Gasteiger charge is -2.12. The van der Waals surface area contributed by atoms with Crippen LogP contribution in [0.4, 0.5) is 4.39 Å². The van der Waals surface area contributed by atoms with Gasteiger partial charge in [-0.05, 0) is 41.8 Å². The molecule has 0 radical (unpaired) electrons. The number of halogens is 2. The Morgan fingerprint density at radius 1 is 1.12 bits per heavy atom. The van der Waals surface area contributed by atoms with E-state index in [1.54, 1.807) is 19.1 Å². The van der Waals surface area contributed by atoms with Gasteiger partial charge in [0.2, 0.25) is 0 Å². The van der Waals surface area contributed by atoms with Crippen LogP contribution in [0.1, 0.15) is 22.8 Å². The minimum atomic E-state index is -0.730. The van der Waals surface area contributed by atoms with Gasteiger partial charge in [0.1, 0.15) is 11.9 Å². The molecule has 2 aromatic carbocycles. The van der Waals surface area contributed by atoms with Gasteiger partial charge in [-0.1, -0.05) is 40.2 Å². The number of rotatable bonds is 2. The maximum Gasteiger partial charge on any atom is 0.126 e. The van der Waals surface area contributed by atoms with E-state index in [0.717, 1.165) is 10.0 Å². The molecular formula is C14H12BrFO. The average Bonchev–Trinajstić information content (AvgIpc) is 2.32. The molecule has 3 heteroatoms. The van der Waals surface area contributed by atoms with Crippen LogP contribution in [0.5, 0.6) is 0 Å². The molecule has 0 heterocycles. The molecule has 0 unspecified atom stereocenters. The predicted octanol–water partition coefficient (Wildman–Crippen LogP) is 3.98. The molecule has 0 aliphatic rings. The molecule has 0 fully saturated rings. The van der Waals surface area contributed by atoms with E-state index in [9.17, 15) is 9.50 Å². The van der Waals surface area contributed by atoms with E-state index in [1.165, 1.54) is 6.07 Å². The Morgan fingerprint density at radius 2 is 1.82 bits per heavy atom. The standard InChI is InChI=1S/C14H12BrFO/c1-9-7-11(5-6-13(9)16)14(17)10-3-2-4-12(15)8-10/h2-8,14,17H,1H3/t14-/m1/s1. The highest BCUT2D eigenvalue weighted by Gasteiger charge is 2.11. The smallest absolute Gasteiger partial charge is 0.126 e. The summed E-state index contributed by atoms with van der Waals surface area (Å²) in [5.41, 5.74) is 2.02. The summed E-state index contributed by atoms with van der Waals surface area (Å²) in [4.78, 5) is 0. The van der Waals surface area contributed by atoms with E-state index in [1.807, 2.05) is 24.3 Å². The van der Waals surface area contributed by atoms with Gasteiger partial charge in [0.25, 0.3) is 0 Å². The van der Waals surface area contributed by atoms with Crippen molar-refractivity contribution in [3.05, 3.63) is 69.4 Å². The SMILES string of the molecule is Cc1cc([C@H](O)c2cccc(Br)c2)ccc1F. The molecule has 0 aromatic heterocycles. The molecule has 0 amide bonds. The summed E-state index contributed by atoms with van der Waals surface area (Å²) in [6, 6.07) is 12.1. The van der Waals surface area contributed by atoms with E-state index >= 15 is 0 Å². The molecule has 1 atom stereocenters. The summed E-state index contributed by atoms with van der Waals surface area (Å²) in [5.74, 6) is -0.254. The Hall–Kier alpha value is -1.19. The summed E-state index contributed by atoms with van der Waals surface area (Å²) < 4.78 is 14.0. The van der Waals surface area contributed by atoms with Gasteiger partial charge in [-0.25, -0.2) is 4.39 Å². The van der Waals surface area contributed by atoms with E-state index in [0.29, 0.717) is 11.1 Å². The van der Waals surface area contributed by atoms with Crippen molar-refractivity contribution in [2.45, 2.75) is 13.0 Å². The van der Waals surface area contributed by atoms with Crippen LogP contribution < -0.4 is 0 Å². The Labute approximate surface area is 108 Å². The summed E-state index contributed by atoms with van der Waals surface area (Å²) in [5, 5.41) is 10.2. The third-order valence-electron chi connectivity index (χ3n) is 2.66. The van der Waals surface area contributed by atoms with E-state index < -0.39 is 6.10 Å².